The highest BCUT2D eigenvalue weighted by Crippen LogP contribution is 2.33. The summed E-state index contributed by atoms with van der Waals surface area (Å²) in [6.45, 7) is 3.48. The van der Waals surface area contributed by atoms with Crippen LogP contribution < -0.4 is 15.5 Å². The third-order valence-corrected chi connectivity index (χ3v) is 3.56. The summed E-state index contributed by atoms with van der Waals surface area (Å²) in [4.78, 5) is 13.9. The fraction of sp³-hybridized carbons (Fsp3) is 0.533. The number of nitrogens with zero attached hydrogens (tertiary/aromatic N) is 1. The Hall–Kier alpha value is -1.63. The molecule has 0 aliphatic carbocycles. The van der Waals surface area contributed by atoms with E-state index in [0.717, 1.165) is 23.5 Å². The largest absolute Gasteiger partial charge is 0.389 e. The maximum atomic E-state index is 11.9. The van der Waals surface area contributed by atoms with Gasteiger partial charge in [0.25, 0.3) is 0 Å². The molecule has 1 aliphatic heterocycles. The molecule has 6 nitrogen and oxygen atoms in total. The molecule has 0 fully saturated rings. The van der Waals surface area contributed by atoms with Crippen molar-refractivity contribution in [3.8, 4) is 0 Å². The van der Waals surface area contributed by atoms with Crippen LogP contribution in [0.25, 0.3) is 0 Å². The Morgan fingerprint density at radius 1 is 1.52 bits per heavy atom. The first-order chi connectivity index (χ1) is 10.1. The van der Waals surface area contributed by atoms with Crippen molar-refractivity contribution in [2.24, 2.45) is 0 Å². The first-order valence-corrected chi connectivity index (χ1v) is 7.13. The topological polar surface area (TPSA) is 73.8 Å². The van der Waals surface area contributed by atoms with Crippen LogP contribution in [0.5, 0.6) is 0 Å². The molecular weight excluding hydrogens is 270 g/mol. The van der Waals surface area contributed by atoms with Crippen molar-refractivity contribution < 1.29 is 14.6 Å². The molecule has 1 heterocycles. The van der Waals surface area contributed by atoms with Crippen LogP contribution in [-0.2, 0) is 9.53 Å². The molecule has 3 N–H and O–H groups in total. The van der Waals surface area contributed by atoms with Crippen LogP contribution in [-0.4, -0.2) is 51.0 Å². The molecule has 0 aromatic heterocycles. The van der Waals surface area contributed by atoms with E-state index in [1.807, 2.05) is 37.1 Å². The van der Waals surface area contributed by atoms with Gasteiger partial charge < -0.3 is 25.4 Å². The second kappa shape index (κ2) is 6.89. The van der Waals surface area contributed by atoms with Crippen molar-refractivity contribution in [3.63, 3.8) is 0 Å². The van der Waals surface area contributed by atoms with Gasteiger partial charge in [-0.25, -0.2) is 0 Å². The summed E-state index contributed by atoms with van der Waals surface area (Å²) in [7, 11) is 3.47. The second-order valence-corrected chi connectivity index (χ2v) is 5.24. The lowest BCUT2D eigenvalue weighted by atomic mass is 10.1. The van der Waals surface area contributed by atoms with E-state index < -0.39 is 6.10 Å². The van der Waals surface area contributed by atoms with Gasteiger partial charge in [-0.15, -0.1) is 0 Å². The molecule has 0 radical (unpaired) electrons. The fourth-order valence-electron chi connectivity index (χ4n) is 2.56. The van der Waals surface area contributed by atoms with E-state index >= 15 is 0 Å². The van der Waals surface area contributed by atoms with Crippen LogP contribution in [0.1, 0.15) is 18.5 Å². The molecule has 1 amide bonds. The van der Waals surface area contributed by atoms with Gasteiger partial charge in [-0.1, -0.05) is 13.0 Å². The molecular formula is C15H23N3O3. The first kappa shape index (κ1) is 15.8. The zero-order valence-electron chi connectivity index (χ0n) is 12.7. The average molecular weight is 293 g/mol. The second-order valence-electron chi connectivity index (χ2n) is 5.24. The number of fused-ring (bicyclic) bond motifs is 1. The summed E-state index contributed by atoms with van der Waals surface area (Å²) in [6.07, 6.45) is -0.544. The number of nitrogens with one attached hydrogen (secondary N) is 2. The lowest BCUT2D eigenvalue weighted by molar-refractivity contribution is -0.117. The van der Waals surface area contributed by atoms with Gasteiger partial charge >= 0.3 is 0 Å². The van der Waals surface area contributed by atoms with Gasteiger partial charge in [0.15, 0.2) is 0 Å². The standard InChI is InChI=1S/C15H23N3O3/c1-4-16-14-12-6-5-10(7-13(12)17-15(14)20)18(2)8-11(19)9-21-3/h5-7,11,14,16,19H,4,8-9H2,1-3H3,(H,17,20). The minimum Gasteiger partial charge on any atom is -0.389 e. The van der Waals surface area contributed by atoms with E-state index in [1.165, 1.54) is 0 Å². The summed E-state index contributed by atoms with van der Waals surface area (Å²) in [5.41, 5.74) is 2.74. The van der Waals surface area contributed by atoms with Crippen LogP contribution in [0, 0.1) is 0 Å². The Bertz CT molecular complexity index is 507. The zero-order chi connectivity index (χ0) is 15.4. The van der Waals surface area contributed by atoms with Gasteiger partial charge in [0.2, 0.25) is 5.91 Å². The molecule has 2 unspecified atom stereocenters. The lowest BCUT2D eigenvalue weighted by Gasteiger charge is -2.23. The zero-order valence-corrected chi connectivity index (χ0v) is 12.7. The van der Waals surface area contributed by atoms with E-state index in [4.69, 9.17) is 4.74 Å². The van der Waals surface area contributed by atoms with Crippen molar-refractivity contribution >= 4 is 17.3 Å². The van der Waals surface area contributed by atoms with Crippen molar-refractivity contribution in [2.45, 2.75) is 19.1 Å². The van der Waals surface area contributed by atoms with Crippen LogP contribution in [0.2, 0.25) is 0 Å². The molecule has 2 rings (SSSR count). The van der Waals surface area contributed by atoms with E-state index in [9.17, 15) is 9.90 Å². The van der Waals surface area contributed by atoms with Crippen molar-refractivity contribution in [1.82, 2.24) is 5.32 Å². The summed E-state index contributed by atoms with van der Waals surface area (Å²) in [5.74, 6) is -0.0222. The van der Waals surface area contributed by atoms with Crippen LogP contribution in [0.3, 0.4) is 0 Å². The van der Waals surface area contributed by atoms with Gasteiger partial charge in [-0.05, 0) is 18.7 Å². The number of amides is 1. The summed E-state index contributed by atoms with van der Waals surface area (Å²) in [6, 6.07) is 5.57. The number of aliphatic hydroxyl groups is 1. The number of ether oxygens (including phenoxy) is 1. The Morgan fingerprint density at radius 2 is 2.29 bits per heavy atom. The number of benzene rings is 1. The van der Waals surface area contributed by atoms with E-state index in [-0.39, 0.29) is 11.9 Å². The highest BCUT2D eigenvalue weighted by molar-refractivity contribution is 6.03. The number of aliphatic hydroxyl groups excluding tert-OH is 1. The molecule has 0 spiro atoms. The molecule has 116 valence electrons. The Kier molecular flexibility index (Phi) is 5.17. The number of carbonyl (C=O) groups excluding carboxylic acids is 1. The molecule has 6 heteroatoms. The molecule has 1 aromatic rings. The van der Waals surface area contributed by atoms with Crippen LogP contribution >= 0.6 is 0 Å². The highest BCUT2D eigenvalue weighted by atomic mass is 16.5. The Labute approximate surface area is 125 Å². The predicted octanol–water partition coefficient (Wildman–Crippen LogP) is 0.733. The molecule has 0 bridgehead atoms. The summed E-state index contributed by atoms with van der Waals surface area (Å²) >= 11 is 0. The molecule has 1 aromatic carbocycles. The highest BCUT2D eigenvalue weighted by Gasteiger charge is 2.29. The lowest BCUT2D eigenvalue weighted by Crippen LogP contribution is -2.31. The maximum Gasteiger partial charge on any atom is 0.246 e. The van der Waals surface area contributed by atoms with E-state index in [1.54, 1.807) is 7.11 Å². The number of methoxy groups -OCH3 is 1. The SMILES string of the molecule is CCNC1C(=O)Nc2cc(N(C)CC(O)COC)ccc21. The molecule has 0 saturated heterocycles. The maximum absolute atomic E-state index is 11.9. The quantitative estimate of drug-likeness (QED) is 0.691. The average Bonchev–Trinajstić information content (AvgIpc) is 2.75. The van der Waals surface area contributed by atoms with Gasteiger partial charge in [0.1, 0.15) is 6.04 Å². The van der Waals surface area contributed by atoms with E-state index in [0.29, 0.717) is 13.2 Å². The molecule has 2 atom stereocenters. The van der Waals surface area contributed by atoms with Gasteiger partial charge in [0.05, 0.1) is 12.7 Å². The first-order valence-electron chi connectivity index (χ1n) is 7.13. The fourth-order valence-corrected chi connectivity index (χ4v) is 2.56. The number of rotatable bonds is 7. The number of likely N-dealkylation sites (N-methyl/N-ethyl adjacent to an activating group) is 2. The van der Waals surface area contributed by atoms with Crippen LogP contribution in [0.15, 0.2) is 18.2 Å². The molecule has 1 aliphatic rings. The Balaban J connectivity index is 2.11. The number of carbonyl (C=O) groups is 1. The molecule has 21 heavy (non-hydrogen) atoms. The minimum atomic E-state index is -0.544. The van der Waals surface area contributed by atoms with Gasteiger partial charge in [-0.3, -0.25) is 4.79 Å². The Morgan fingerprint density at radius 3 is 2.95 bits per heavy atom. The predicted molar refractivity (Wildman–Crippen MR) is 82.6 cm³/mol. The minimum absolute atomic E-state index is 0.0222. The van der Waals surface area contributed by atoms with Gasteiger partial charge in [0, 0.05) is 37.6 Å². The molecule has 0 saturated carbocycles. The van der Waals surface area contributed by atoms with Crippen molar-refractivity contribution in [2.75, 3.05) is 44.1 Å². The monoisotopic (exact) mass is 293 g/mol. The number of anilines is 2. The third kappa shape index (κ3) is 3.53. The van der Waals surface area contributed by atoms with E-state index in [2.05, 4.69) is 10.6 Å². The third-order valence-electron chi connectivity index (χ3n) is 3.56. The summed E-state index contributed by atoms with van der Waals surface area (Å²) in [5, 5.41) is 15.8. The van der Waals surface area contributed by atoms with Gasteiger partial charge in [-0.2, -0.15) is 0 Å². The smallest absolute Gasteiger partial charge is 0.246 e. The number of hydrogen-bond acceptors (Lipinski definition) is 5. The summed E-state index contributed by atoms with van der Waals surface area (Å²) < 4.78 is 4.93. The van der Waals surface area contributed by atoms with Crippen LogP contribution in [0.4, 0.5) is 11.4 Å². The van der Waals surface area contributed by atoms with Crippen molar-refractivity contribution in [1.29, 1.82) is 0 Å². The number of hydrogen-bond donors (Lipinski definition) is 3. The van der Waals surface area contributed by atoms with Crippen molar-refractivity contribution in [3.05, 3.63) is 23.8 Å². The normalized spacial score (nSPS) is 18.3.